The molecule has 1 aromatic heterocycles. The molecule has 0 N–H and O–H groups in total. The summed E-state index contributed by atoms with van der Waals surface area (Å²) in [6.45, 7) is 1.96. The van der Waals surface area contributed by atoms with Gasteiger partial charge in [-0.05, 0) is 25.0 Å². The van der Waals surface area contributed by atoms with Crippen LogP contribution in [0.25, 0.3) is 11.0 Å². The molecule has 2 aromatic rings. The highest BCUT2D eigenvalue weighted by atomic mass is 16.5. The number of fused-ring (bicyclic) bond motifs is 2. The van der Waals surface area contributed by atoms with E-state index in [0.717, 1.165) is 30.4 Å². The maximum Gasteiger partial charge on any atom is 0.224 e. The zero-order valence-electron chi connectivity index (χ0n) is 13.2. The lowest BCUT2D eigenvalue weighted by atomic mass is 9.90. The van der Waals surface area contributed by atoms with Gasteiger partial charge in [-0.1, -0.05) is 30.2 Å². The van der Waals surface area contributed by atoms with Gasteiger partial charge in [0.05, 0.1) is 30.8 Å². The normalized spacial score (nSPS) is 24.6. The van der Waals surface area contributed by atoms with Gasteiger partial charge in [-0.15, -0.1) is 5.10 Å². The van der Waals surface area contributed by atoms with Gasteiger partial charge in [-0.25, -0.2) is 4.68 Å². The van der Waals surface area contributed by atoms with Crippen LogP contribution in [0.4, 0.5) is 0 Å². The van der Waals surface area contributed by atoms with Gasteiger partial charge in [0, 0.05) is 13.0 Å². The lowest BCUT2D eigenvalue weighted by Crippen LogP contribution is -2.54. The first kappa shape index (κ1) is 14.6. The molecule has 1 aliphatic carbocycles. The fraction of sp³-hybridized carbons (Fsp3) is 0.588. The molecule has 1 aromatic carbocycles. The number of amides is 1. The van der Waals surface area contributed by atoms with Crippen molar-refractivity contribution in [1.29, 1.82) is 0 Å². The van der Waals surface area contributed by atoms with Crippen molar-refractivity contribution in [3.05, 3.63) is 24.3 Å². The topological polar surface area (TPSA) is 60.2 Å². The highest BCUT2D eigenvalue weighted by Gasteiger charge is 2.36. The Morgan fingerprint density at radius 3 is 3.09 bits per heavy atom. The summed E-state index contributed by atoms with van der Waals surface area (Å²) >= 11 is 0. The zero-order valence-corrected chi connectivity index (χ0v) is 13.2. The van der Waals surface area contributed by atoms with Crippen LogP contribution in [-0.2, 0) is 16.1 Å². The number of ether oxygens (including phenoxy) is 1. The van der Waals surface area contributed by atoms with Gasteiger partial charge in [0.25, 0.3) is 0 Å². The molecule has 6 nitrogen and oxygen atoms in total. The van der Waals surface area contributed by atoms with E-state index in [-0.39, 0.29) is 18.1 Å². The molecule has 1 saturated carbocycles. The van der Waals surface area contributed by atoms with E-state index in [9.17, 15) is 4.79 Å². The van der Waals surface area contributed by atoms with Crippen molar-refractivity contribution >= 4 is 16.9 Å². The van der Waals surface area contributed by atoms with Crippen LogP contribution in [0.5, 0.6) is 0 Å². The second-order valence-corrected chi connectivity index (χ2v) is 6.40. The number of aromatic nitrogens is 3. The number of carbonyl (C=O) groups is 1. The number of nitrogens with zero attached hydrogens (tertiary/aromatic N) is 4. The molecule has 4 rings (SSSR count). The molecular formula is C17H22N4O2. The lowest BCUT2D eigenvalue weighted by Gasteiger charge is -2.43. The van der Waals surface area contributed by atoms with E-state index in [1.54, 1.807) is 0 Å². The van der Waals surface area contributed by atoms with E-state index >= 15 is 0 Å². The number of benzene rings is 1. The van der Waals surface area contributed by atoms with Crippen LogP contribution in [0.3, 0.4) is 0 Å². The molecule has 1 saturated heterocycles. The Balaban J connectivity index is 1.43. The Labute approximate surface area is 135 Å². The Morgan fingerprint density at radius 2 is 2.13 bits per heavy atom. The van der Waals surface area contributed by atoms with Crippen molar-refractivity contribution < 1.29 is 9.53 Å². The summed E-state index contributed by atoms with van der Waals surface area (Å²) in [6, 6.07) is 8.13. The summed E-state index contributed by atoms with van der Waals surface area (Å²) < 4.78 is 7.67. The Bertz CT molecular complexity index is 697. The number of hydrogen-bond acceptors (Lipinski definition) is 4. The van der Waals surface area contributed by atoms with Crippen molar-refractivity contribution in [3.63, 3.8) is 0 Å². The van der Waals surface area contributed by atoms with Crippen molar-refractivity contribution in [2.45, 2.75) is 50.8 Å². The standard InChI is InChI=1S/C17H22N4O2/c22-17(20-11-12-23-16-8-4-3-7-15(16)20)9-10-21-14-6-2-1-5-13(14)18-19-21/h1-2,5-6,15-16H,3-4,7-12H2. The number of aryl methyl sites for hydroxylation is 1. The second kappa shape index (κ2) is 6.28. The third-order valence-electron chi connectivity index (χ3n) is 5.01. The van der Waals surface area contributed by atoms with Gasteiger partial charge in [0.1, 0.15) is 5.52 Å². The monoisotopic (exact) mass is 314 g/mol. The summed E-state index contributed by atoms with van der Waals surface area (Å²) in [5.74, 6) is 0.213. The van der Waals surface area contributed by atoms with Crippen molar-refractivity contribution in [2.75, 3.05) is 13.2 Å². The molecule has 2 unspecified atom stereocenters. The smallest absolute Gasteiger partial charge is 0.224 e. The minimum atomic E-state index is 0.213. The van der Waals surface area contributed by atoms with Crippen LogP contribution in [0.15, 0.2) is 24.3 Å². The first-order valence-electron chi connectivity index (χ1n) is 8.52. The third kappa shape index (κ3) is 2.83. The Kier molecular flexibility index (Phi) is 3.99. The predicted octanol–water partition coefficient (Wildman–Crippen LogP) is 1.99. The first-order valence-corrected chi connectivity index (χ1v) is 8.52. The average Bonchev–Trinajstić information content (AvgIpc) is 3.02. The molecule has 0 bridgehead atoms. The Morgan fingerprint density at radius 1 is 1.26 bits per heavy atom. The molecule has 0 radical (unpaired) electrons. The quantitative estimate of drug-likeness (QED) is 0.869. The molecule has 0 spiro atoms. The number of morpholine rings is 1. The molecule has 6 heteroatoms. The molecule has 2 fully saturated rings. The summed E-state index contributed by atoms with van der Waals surface area (Å²) in [5.41, 5.74) is 1.86. The largest absolute Gasteiger partial charge is 0.374 e. The van der Waals surface area contributed by atoms with Gasteiger partial charge < -0.3 is 9.64 Å². The summed E-state index contributed by atoms with van der Waals surface area (Å²) in [5, 5.41) is 8.31. The van der Waals surface area contributed by atoms with Crippen LogP contribution in [-0.4, -0.2) is 51.1 Å². The second-order valence-electron chi connectivity index (χ2n) is 6.40. The number of rotatable bonds is 3. The molecule has 1 amide bonds. The van der Waals surface area contributed by atoms with E-state index in [1.807, 2.05) is 33.8 Å². The van der Waals surface area contributed by atoms with Gasteiger partial charge in [-0.2, -0.15) is 0 Å². The predicted molar refractivity (Wildman–Crippen MR) is 85.9 cm³/mol. The molecule has 2 heterocycles. The summed E-state index contributed by atoms with van der Waals surface area (Å²) in [7, 11) is 0. The van der Waals surface area contributed by atoms with E-state index in [4.69, 9.17) is 4.74 Å². The molecule has 2 atom stereocenters. The minimum Gasteiger partial charge on any atom is -0.374 e. The van der Waals surface area contributed by atoms with E-state index in [0.29, 0.717) is 19.6 Å². The molecule has 23 heavy (non-hydrogen) atoms. The maximum absolute atomic E-state index is 12.7. The average molecular weight is 314 g/mol. The maximum atomic E-state index is 12.7. The van der Waals surface area contributed by atoms with Gasteiger partial charge in [0.15, 0.2) is 0 Å². The van der Waals surface area contributed by atoms with Gasteiger partial charge >= 0.3 is 0 Å². The van der Waals surface area contributed by atoms with E-state index in [1.165, 1.54) is 12.8 Å². The lowest BCUT2D eigenvalue weighted by molar-refractivity contribution is -0.149. The van der Waals surface area contributed by atoms with Crippen molar-refractivity contribution in [1.82, 2.24) is 19.9 Å². The van der Waals surface area contributed by atoms with Crippen LogP contribution in [0, 0.1) is 0 Å². The zero-order chi connectivity index (χ0) is 15.6. The number of carbonyl (C=O) groups excluding carboxylic acids is 1. The summed E-state index contributed by atoms with van der Waals surface area (Å²) in [6.07, 6.45) is 5.28. The highest BCUT2D eigenvalue weighted by molar-refractivity contribution is 5.77. The minimum absolute atomic E-state index is 0.213. The highest BCUT2D eigenvalue weighted by Crippen LogP contribution is 2.28. The molecule has 2 aliphatic rings. The van der Waals surface area contributed by atoms with Crippen LogP contribution >= 0.6 is 0 Å². The fourth-order valence-corrected chi connectivity index (χ4v) is 3.83. The van der Waals surface area contributed by atoms with Gasteiger partial charge in [0.2, 0.25) is 5.91 Å². The van der Waals surface area contributed by atoms with Crippen LogP contribution < -0.4 is 0 Å². The fourth-order valence-electron chi connectivity index (χ4n) is 3.83. The van der Waals surface area contributed by atoms with E-state index in [2.05, 4.69) is 10.3 Å². The molecule has 122 valence electrons. The SMILES string of the molecule is O=C(CCn1nnc2ccccc21)N1CCOC2CCCCC21. The Hall–Kier alpha value is -1.95. The van der Waals surface area contributed by atoms with Crippen molar-refractivity contribution in [2.24, 2.45) is 0 Å². The summed E-state index contributed by atoms with van der Waals surface area (Å²) in [4.78, 5) is 14.7. The molecule has 1 aliphatic heterocycles. The van der Waals surface area contributed by atoms with E-state index < -0.39 is 0 Å². The number of hydrogen-bond donors (Lipinski definition) is 0. The van der Waals surface area contributed by atoms with Crippen molar-refractivity contribution in [3.8, 4) is 0 Å². The van der Waals surface area contributed by atoms with Crippen LogP contribution in [0.1, 0.15) is 32.1 Å². The third-order valence-corrected chi connectivity index (χ3v) is 5.01. The molecular weight excluding hydrogens is 292 g/mol. The van der Waals surface area contributed by atoms with Gasteiger partial charge in [-0.3, -0.25) is 4.79 Å². The first-order chi connectivity index (χ1) is 11.3. The van der Waals surface area contributed by atoms with Crippen LogP contribution in [0.2, 0.25) is 0 Å². The number of para-hydroxylation sites is 1.